The third kappa shape index (κ3) is 5.67. The van der Waals surface area contributed by atoms with Gasteiger partial charge in [0.2, 0.25) is 0 Å². The molecular weight excluding hydrogens is 346 g/mol. The summed E-state index contributed by atoms with van der Waals surface area (Å²) in [6, 6.07) is 14.8. The second-order valence-corrected chi connectivity index (χ2v) is 5.23. The van der Waals surface area contributed by atoms with E-state index in [2.05, 4.69) is 4.99 Å². The molecular formula is C17H12ClN3O4. The van der Waals surface area contributed by atoms with Crippen molar-refractivity contribution in [2.75, 3.05) is 0 Å². The standard InChI is InChI=1S/C17H12ClN3O4/c18-14-6-8-15(9-7-14)19-12-17(21(24)25)11-16(20(22)23)10-13-4-2-1-3-5-13/h1-12H. The predicted octanol–water partition coefficient (Wildman–Crippen LogP) is 4.52. The number of hydrogen-bond donors (Lipinski definition) is 0. The molecule has 7 nitrogen and oxygen atoms in total. The fourth-order valence-electron chi connectivity index (χ4n) is 1.82. The van der Waals surface area contributed by atoms with E-state index in [9.17, 15) is 20.2 Å². The Morgan fingerprint density at radius 3 is 2.08 bits per heavy atom. The highest BCUT2D eigenvalue weighted by atomic mass is 35.5. The lowest BCUT2D eigenvalue weighted by Gasteiger charge is -1.96. The summed E-state index contributed by atoms with van der Waals surface area (Å²) in [5.41, 5.74) is 0.0731. The van der Waals surface area contributed by atoms with Crippen molar-refractivity contribution in [3.8, 4) is 0 Å². The van der Waals surface area contributed by atoms with Crippen LogP contribution in [-0.2, 0) is 0 Å². The van der Waals surface area contributed by atoms with E-state index < -0.39 is 21.2 Å². The number of hydrogen-bond acceptors (Lipinski definition) is 5. The van der Waals surface area contributed by atoms with Crippen LogP contribution in [0, 0.1) is 20.2 Å². The molecule has 0 radical (unpaired) electrons. The SMILES string of the molecule is O=[N+]([O-])C(C=Nc1ccc(Cl)cc1)=CC(=Cc1ccccc1)[N+](=O)[O-]. The van der Waals surface area contributed by atoms with E-state index in [-0.39, 0.29) is 0 Å². The molecule has 0 heterocycles. The second kappa shape index (κ2) is 8.51. The monoisotopic (exact) mass is 357 g/mol. The van der Waals surface area contributed by atoms with Gasteiger partial charge in [0.1, 0.15) is 6.21 Å². The van der Waals surface area contributed by atoms with E-state index in [1.807, 2.05) is 0 Å². The van der Waals surface area contributed by atoms with Gasteiger partial charge in [-0.3, -0.25) is 20.2 Å². The Balaban J connectivity index is 2.35. The van der Waals surface area contributed by atoms with Crippen LogP contribution < -0.4 is 0 Å². The number of aliphatic imine (C=N–C) groups is 1. The summed E-state index contributed by atoms with van der Waals surface area (Å²) in [6.07, 6.45) is 3.08. The van der Waals surface area contributed by atoms with E-state index in [4.69, 9.17) is 11.6 Å². The van der Waals surface area contributed by atoms with Crippen molar-refractivity contribution in [1.29, 1.82) is 0 Å². The van der Waals surface area contributed by atoms with Crippen molar-refractivity contribution in [2.24, 2.45) is 4.99 Å². The van der Waals surface area contributed by atoms with Crippen molar-refractivity contribution in [3.63, 3.8) is 0 Å². The first-order valence-corrected chi connectivity index (χ1v) is 7.40. The summed E-state index contributed by atoms with van der Waals surface area (Å²) in [5.74, 6) is 0. The third-order valence-electron chi connectivity index (χ3n) is 3.00. The number of nitro groups is 2. The third-order valence-corrected chi connectivity index (χ3v) is 3.26. The van der Waals surface area contributed by atoms with Crippen molar-refractivity contribution >= 4 is 29.6 Å². The first-order chi connectivity index (χ1) is 12.0. The molecule has 0 unspecified atom stereocenters. The van der Waals surface area contributed by atoms with Crippen molar-refractivity contribution in [2.45, 2.75) is 0 Å². The minimum absolute atomic E-state index is 0.416. The summed E-state index contributed by atoms with van der Waals surface area (Å²) in [7, 11) is 0. The van der Waals surface area contributed by atoms with Gasteiger partial charge in [-0.05, 0) is 29.8 Å². The molecule has 0 N–H and O–H groups in total. The zero-order valence-electron chi connectivity index (χ0n) is 12.8. The molecule has 0 atom stereocenters. The van der Waals surface area contributed by atoms with Crippen molar-refractivity contribution < 1.29 is 9.85 Å². The van der Waals surface area contributed by atoms with Crippen LogP contribution in [0.1, 0.15) is 5.56 Å². The average Bonchev–Trinajstić information content (AvgIpc) is 2.59. The fraction of sp³-hybridized carbons (Fsp3) is 0. The predicted molar refractivity (Wildman–Crippen MR) is 96.1 cm³/mol. The Labute approximate surface area is 147 Å². The Kier molecular flexibility index (Phi) is 6.14. The lowest BCUT2D eigenvalue weighted by atomic mass is 10.2. The molecule has 0 aliphatic rings. The highest BCUT2D eigenvalue weighted by Gasteiger charge is 2.16. The van der Waals surface area contributed by atoms with Gasteiger partial charge in [-0.1, -0.05) is 41.9 Å². The van der Waals surface area contributed by atoms with Crippen LogP contribution in [0.25, 0.3) is 6.08 Å². The molecule has 2 aromatic carbocycles. The van der Waals surface area contributed by atoms with Crippen LogP contribution in [0.5, 0.6) is 0 Å². The normalized spacial score (nSPS) is 12.4. The topological polar surface area (TPSA) is 98.6 Å². The number of benzene rings is 2. The largest absolute Gasteiger partial charge is 0.294 e. The van der Waals surface area contributed by atoms with Crippen LogP contribution in [-0.4, -0.2) is 16.1 Å². The summed E-state index contributed by atoms with van der Waals surface area (Å²) >= 11 is 5.75. The van der Waals surface area contributed by atoms with E-state index >= 15 is 0 Å². The number of rotatable bonds is 6. The van der Waals surface area contributed by atoms with Crippen LogP contribution >= 0.6 is 11.6 Å². The molecule has 0 aliphatic heterocycles. The summed E-state index contributed by atoms with van der Waals surface area (Å²) < 4.78 is 0. The molecule has 0 amide bonds. The molecule has 25 heavy (non-hydrogen) atoms. The van der Waals surface area contributed by atoms with E-state index in [1.165, 1.54) is 6.08 Å². The minimum Gasteiger partial charge on any atom is -0.258 e. The number of allylic oxidation sites excluding steroid dienone is 2. The van der Waals surface area contributed by atoms with Gasteiger partial charge in [-0.25, -0.2) is 4.99 Å². The van der Waals surface area contributed by atoms with Crippen molar-refractivity contribution in [1.82, 2.24) is 0 Å². The first-order valence-electron chi connectivity index (χ1n) is 7.02. The van der Waals surface area contributed by atoms with Gasteiger partial charge >= 0.3 is 0 Å². The second-order valence-electron chi connectivity index (χ2n) is 4.80. The number of halogens is 1. The Hall–Kier alpha value is -3.32. The van der Waals surface area contributed by atoms with Gasteiger partial charge in [0.05, 0.1) is 21.6 Å². The van der Waals surface area contributed by atoms with Crippen LogP contribution in [0.4, 0.5) is 5.69 Å². The maximum Gasteiger partial charge on any atom is 0.294 e. The van der Waals surface area contributed by atoms with E-state index in [0.29, 0.717) is 16.3 Å². The molecule has 0 saturated heterocycles. The molecule has 0 fully saturated rings. The van der Waals surface area contributed by atoms with Crippen LogP contribution in [0.15, 0.2) is 77.1 Å². The van der Waals surface area contributed by atoms with Gasteiger partial charge in [0, 0.05) is 11.1 Å². The molecule has 0 saturated carbocycles. The smallest absolute Gasteiger partial charge is 0.258 e. The molecule has 0 aromatic heterocycles. The quantitative estimate of drug-likeness (QED) is 0.328. The molecule has 0 bridgehead atoms. The summed E-state index contributed by atoms with van der Waals surface area (Å²) in [6.45, 7) is 0. The molecule has 2 rings (SSSR count). The fourth-order valence-corrected chi connectivity index (χ4v) is 1.95. The zero-order valence-corrected chi connectivity index (χ0v) is 13.5. The highest BCUT2D eigenvalue weighted by molar-refractivity contribution is 6.30. The van der Waals surface area contributed by atoms with Crippen molar-refractivity contribution in [3.05, 3.63) is 103 Å². The molecule has 126 valence electrons. The Bertz CT molecular complexity index is 859. The summed E-state index contributed by atoms with van der Waals surface area (Å²) in [4.78, 5) is 24.9. The molecule has 0 aliphatic carbocycles. The molecule has 2 aromatic rings. The summed E-state index contributed by atoms with van der Waals surface area (Å²) in [5, 5.41) is 22.9. The molecule has 8 heteroatoms. The van der Waals surface area contributed by atoms with Gasteiger partial charge < -0.3 is 0 Å². The maximum atomic E-state index is 11.2. The van der Waals surface area contributed by atoms with Gasteiger partial charge in [-0.15, -0.1) is 0 Å². The van der Waals surface area contributed by atoms with E-state index in [1.54, 1.807) is 54.6 Å². The van der Waals surface area contributed by atoms with Gasteiger partial charge in [-0.2, -0.15) is 0 Å². The van der Waals surface area contributed by atoms with Crippen LogP contribution in [0.3, 0.4) is 0 Å². The minimum atomic E-state index is -0.734. The Morgan fingerprint density at radius 2 is 1.52 bits per heavy atom. The Morgan fingerprint density at radius 1 is 0.920 bits per heavy atom. The van der Waals surface area contributed by atoms with Crippen LogP contribution in [0.2, 0.25) is 5.02 Å². The molecule has 0 spiro atoms. The van der Waals surface area contributed by atoms with Gasteiger partial charge in [0.25, 0.3) is 11.4 Å². The average molecular weight is 358 g/mol. The zero-order chi connectivity index (χ0) is 18.2. The highest BCUT2D eigenvalue weighted by Crippen LogP contribution is 2.17. The first kappa shape index (κ1) is 18.0. The van der Waals surface area contributed by atoms with E-state index in [0.717, 1.165) is 12.3 Å². The number of nitrogens with zero attached hydrogens (tertiary/aromatic N) is 3. The lowest BCUT2D eigenvalue weighted by molar-refractivity contribution is -0.427. The lowest BCUT2D eigenvalue weighted by Crippen LogP contribution is -2.04. The maximum absolute atomic E-state index is 11.2. The van der Waals surface area contributed by atoms with Gasteiger partial charge in [0.15, 0.2) is 0 Å².